The van der Waals surface area contributed by atoms with Crippen LogP contribution in [0, 0.1) is 24.7 Å². The van der Waals surface area contributed by atoms with Crippen LogP contribution in [0.4, 0.5) is 0 Å². The van der Waals surface area contributed by atoms with E-state index >= 15 is 0 Å². The molecule has 4 heterocycles. The second kappa shape index (κ2) is 23.0. The van der Waals surface area contributed by atoms with E-state index in [-0.39, 0.29) is 49.2 Å². The number of carboxylic acids is 2. The lowest BCUT2D eigenvalue weighted by atomic mass is 9.81. The van der Waals surface area contributed by atoms with E-state index in [9.17, 15) is 36.6 Å². The van der Waals surface area contributed by atoms with Gasteiger partial charge < -0.3 is 29.2 Å². The first-order valence-corrected chi connectivity index (χ1v) is 29.0. The smallest absolute Gasteiger partial charge is 0.312 e. The molecule has 2 aliphatic rings. The van der Waals surface area contributed by atoms with Gasteiger partial charge in [0.1, 0.15) is 44.9 Å². The molecule has 2 aliphatic heterocycles. The average molecular weight is 1130 g/mol. The number of hydrogen-bond acceptors (Lipinski definition) is 14. The molecule has 422 valence electrons. The zero-order valence-electron chi connectivity index (χ0n) is 45.9. The molecule has 7 aromatic rings. The van der Waals surface area contributed by atoms with E-state index in [2.05, 4.69) is 20.6 Å². The molecule has 0 fully saturated rings. The SMILES string of the molecule is Cc1ccc(C(OCc2cn(Cc3ccc(Cn4cc(CO[C@@H](c5ccc(C)c(CN6C[C@@H](C)Oc7ccccc7S6(=O)=O)c5)C(C)(C)C(=O)O)nn4)cc3)nn2)C(C)(C)C(=O)O)cc1CN1C[C@@H](C)Oc2ccccc2S1(=O)=O. The van der Waals surface area contributed by atoms with Crippen LogP contribution in [0.15, 0.2) is 131 Å². The minimum atomic E-state index is -3.92. The first-order valence-electron chi connectivity index (χ1n) is 26.2. The molecule has 80 heavy (non-hydrogen) atoms. The Morgan fingerprint density at radius 3 is 1.34 bits per heavy atom. The number of sulfonamides is 2. The molecule has 0 aliphatic carbocycles. The van der Waals surface area contributed by atoms with Crippen LogP contribution in [0.25, 0.3) is 0 Å². The maximum atomic E-state index is 13.9. The molecule has 0 radical (unpaired) electrons. The van der Waals surface area contributed by atoms with E-state index in [1.165, 1.54) is 20.7 Å². The molecular formula is C58H66N8O12S2. The fraction of sp³-hybridized carbons (Fsp3) is 0.379. The van der Waals surface area contributed by atoms with E-state index in [4.69, 9.17) is 18.9 Å². The summed E-state index contributed by atoms with van der Waals surface area (Å²) >= 11 is 0. The summed E-state index contributed by atoms with van der Waals surface area (Å²) in [5.41, 5.74) is 4.23. The second-order valence-electron chi connectivity index (χ2n) is 21.8. The van der Waals surface area contributed by atoms with E-state index in [0.29, 0.717) is 58.2 Å². The van der Waals surface area contributed by atoms with Gasteiger partial charge in [0.05, 0.1) is 74.8 Å². The fourth-order valence-corrected chi connectivity index (χ4v) is 13.1. The number of fused-ring (bicyclic) bond motifs is 2. The first-order chi connectivity index (χ1) is 37.9. The third-order valence-corrected chi connectivity index (χ3v) is 18.4. The Morgan fingerprint density at radius 2 is 0.963 bits per heavy atom. The summed E-state index contributed by atoms with van der Waals surface area (Å²) in [6.07, 6.45) is 0.750. The molecule has 5 aromatic carbocycles. The topological polar surface area (TPSA) is 248 Å². The van der Waals surface area contributed by atoms with Gasteiger partial charge in [-0.25, -0.2) is 26.2 Å². The van der Waals surface area contributed by atoms with E-state index < -0.39 is 67.2 Å². The lowest BCUT2D eigenvalue weighted by Crippen LogP contribution is -2.36. The van der Waals surface area contributed by atoms with Gasteiger partial charge in [0.2, 0.25) is 20.0 Å². The summed E-state index contributed by atoms with van der Waals surface area (Å²) < 4.78 is 86.4. The number of nitrogens with zero attached hydrogens (tertiary/aromatic N) is 8. The Balaban J connectivity index is 0.823. The van der Waals surface area contributed by atoms with Crippen molar-refractivity contribution < 1.29 is 55.6 Å². The van der Waals surface area contributed by atoms with Crippen LogP contribution in [0.5, 0.6) is 11.5 Å². The van der Waals surface area contributed by atoms with Gasteiger partial charge in [0.15, 0.2) is 0 Å². The minimum absolute atomic E-state index is 0.0404. The zero-order valence-corrected chi connectivity index (χ0v) is 47.5. The number of hydrogen-bond donors (Lipinski definition) is 2. The van der Waals surface area contributed by atoms with Crippen LogP contribution in [0.1, 0.15) is 110 Å². The maximum Gasteiger partial charge on any atom is 0.312 e. The molecule has 1 unspecified atom stereocenters. The number of carbonyl (C=O) groups is 2. The van der Waals surface area contributed by atoms with Gasteiger partial charge in [0, 0.05) is 13.1 Å². The van der Waals surface area contributed by atoms with Crippen molar-refractivity contribution in [1.29, 1.82) is 0 Å². The van der Waals surface area contributed by atoms with Crippen molar-refractivity contribution in [2.24, 2.45) is 10.8 Å². The van der Waals surface area contributed by atoms with Gasteiger partial charge in [-0.15, -0.1) is 10.2 Å². The van der Waals surface area contributed by atoms with Gasteiger partial charge in [-0.3, -0.25) is 9.59 Å². The molecule has 20 nitrogen and oxygen atoms in total. The quantitative estimate of drug-likeness (QED) is 0.0729. The van der Waals surface area contributed by atoms with Crippen molar-refractivity contribution in [1.82, 2.24) is 38.6 Å². The monoisotopic (exact) mass is 1130 g/mol. The standard InChI is InChI=1S/C58H66N8O12S2/c1-37-17-23-43(25-45(37)31-65-27-39(3)77-49-13-9-11-15-51(49)79(65,71)72)53(57(5,6)55(67)68)75-35-47-33-63(61-59-47)29-41-19-21-42(22-20-41)30-64-34-48(60-62-64)36-76-54(58(7,8)56(69)70)44-24-18-38(2)46(26-44)32-66-28-40(4)78-50-14-10-12-16-52(50)80(66,73)74/h9-26,33-34,39-40,53-54H,27-32,35-36H2,1-8H3,(H,67,68)(H,69,70)/t39-,40-,53+,54?/m1/s1. The number of aromatic nitrogens is 6. The summed E-state index contributed by atoms with van der Waals surface area (Å²) in [5, 5.41) is 38.1. The summed E-state index contributed by atoms with van der Waals surface area (Å²) in [6.45, 7) is 14.7. The molecule has 9 rings (SSSR count). The van der Waals surface area contributed by atoms with Gasteiger partial charge in [-0.1, -0.05) is 95.4 Å². The predicted molar refractivity (Wildman–Crippen MR) is 293 cm³/mol. The number of benzene rings is 5. The summed E-state index contributed by atoms with van der Waals surface area (Å²) in [4.78, 5) is 25.6. The number of carboxylic acid groups (broad SMARTS) is 2. The van der Waals surface area contributed by atoms with Crippen LogP contribution in [0.2, 0.25) is 0 Å². The summed E-state index contributed by atoms with van der Waals surface area (Å²) in [5.74, 6) is -1.55. The van der Waals surface area contributed by atoms with Gasteiger partial charge in [0.25, 0.3) is 0 Å². The Labute approximate surface area is 466 Å². The highest BCUT2D eigenvalue weighted by Crippen LogP contribution is 2.41. The molecule has 0 bridgehead atoms. The Morgan fingerprint density at radius 1 is 0.588 bits per heavy atom. The van der Waals surface area contributed by atoms with Crippen molar-refractivity contribution in [2.75, 3.05) is 13.1 Å². The zero-order chi connectivity index (χ0) is 57.3. The van der Waals surface area contributed by atoms with Crippen molar-refractivity contribution in [3.63, 3.8) is 0 Å². The maximum absolute atomic E-state index is 13.9. The number of aryl methyl sites for hydroxylation is 2. The summed E-state index contributed by atoms with van der Waals surface area (Å²) in [6, 6.07) is 31.9. The van der Waals surface area contributed by atoms with Crippen LogP contribution in [-0.4, -0.2) is 103 Å². The van der Waals surface area contributed by atoms with Gasteiger partial charge in [-0.2, -0.15) is 8.61 Å². The molecule has 0 amide bonds. The molecule has 0 spiro atoms. The minimum Gasteiger partial charge on any atom is -0.488 e. The number of ether oxygens (including phenoxy) is 4. The van der Waals surface area contributed by atoms with Crippen LogP contribution in [-0.2, 0) is 78.5 Å². The molecule has 4 atom stereocenters. The molecule has 2 N–H and O–H groups in total. The first kappa shape index (κ1) is 57.3. The molecule has 0 saturated carbocycles. The molecule has 0 saturated heterocycles. The van der Waals surface area contributed by atoms with Crippen molar-refractivity contribution in [3.05, 3.63) is 177 Å². The second-order valence-corrected chi connectivity index (χ2v) is 25.6. The number of para-hydroxylation sites is 2. The van der Waals surface area contributed by atoms with Crippen molar-refractivity contribution in [2.45, 2.75) is 129 Å². The highest BCUT2D eigenvalue weighted by molar-refractivity contribution is 7.89. The molecule has 2 aromatic heterocycles. The highest BCUT2D eigenvalue weighted by atomic mass is 32.2. The van der Waals surface area contributed by atoms with Gasteiger partial charge in [-0.05, 0) is 124 Å². The Kier molecular flexibility index (Phi) is 16.5. The van der Waals surface area contributed by atoms with Crippen molar-refractivity contribution >= 4 is 32.0 Å². The van der Waals surface area contributed by atoms with Crippen molar-refractivity contribution in [3.8, 4) is 11.5 Å². The lowest BCUT2D eigenvalue weighted by Gasteiger charge is -2.31. The Bertz CT molecular complexity index is 3400. The van der Waals surface area contributed by atoms with E-state index in [1.807, 2.05) is 76.2 Å². The summed E-state index contributed by atoms with van der Waals surface area (Å²) in [7, 11) is -7.84. The Hall–Kier alpha value is -7.34. The normalized spacial score (nSPS) is 18.1. The predicted octanol–water partition coefficient (Wildman–Crippen LogP) is 8.26. The third kappa shape index (κ3) is 12.3. The highest BCUT2D eigenvalue weighted by Gasteiger charge is 2.42. The largest absolute Gasteiger partial charge is 0.488 e. The van der Waals surface area contributed by atoms with Gasteiger partial charge >= 0.3 is 11.9 Å². The van der Waals surface area contributed by atoms with E-state index in [0.717, 1.165) is 22.3 Å². The molecule has 22 heteroatoms. The third-order valence-electron chi connectivity index (χ3n) is 14.7. The number of aliphatic carboxylic acids is 2. The van der Waals surface area contributed by atoms with Crippen LogP contribution in [0.3, 0.4) is 0 Å². The number of rotatable bonds is 20. The van der Waals surface area contributed by atoms with Crippen LogP contribution >= 0.6 is 0 Å². The fourth-order valence-electron chi connectivity index (χ4n) is 9.90. The molecular weight excluding hydrogens is 1060 g/mol. The average Bonchev–Trinajstić information content (AvgIpc) is 4.07. The van der Waals surface area contributed by atoms with E-state index in [1.54, 1.807) is 98.0 Å². The van der Waals surface area contributed by atoms with Crippen LogP contribution < -0.4 is 9.47 Å². The lowest BCUT2D eigenvalue weighted by molar-refractivity contribution is -0.159.